The molecule has 0 atom stereocenters. The second-order valence-corrected chi connectivity index (χ2v) is 9.33. The first-order chi connectivity index (χ1) is 15.7. The summed E-state index contributed by atoms with van der Waals surface area (Å²) < 4.78 is 37.8. The van der Waals surface area contributed by atoms with Crippen LogP contribution in [0.1, 0.15) is 26.3 Å². The van der Waals surface area contributed by atoms with Crippen molar-refractivity contribution in [1.29, 1.82) is 0 Å². The summed E-state index contributed by atoms with van der Waals surface area (Å²) in [4.78, 5) is 25.8. The highest BCUT2D eigenvalue weighted by molar-refractivity contribution is 7.89. The number of rotatable bonds is 10. The zero-order chi connectivity index (χ0) is 24.0. The van der Waals surface area contributed by atoms with E-state index in [1.165, 1.54) is 26.4 Å². The number of carbonyl (C=O) groups is 2. The average Bonchev–Trinajstić information content (AvgIpc) is 2.83. The summed E-state index contributed by atoms with van der Waals surface area (Å²) in [7, 11) is -1.08. The molecule has 0 fully saturated rings. The number of hydrogen-bond donors (Lipinski definition) is 0. The fraction of sp³-hybridized carbons (Fsp3) is 0.200. The van der Waals surface area contributed by atoms with E-state index in [9.17, 15) is 18.0 Å². The number of ketones is 2. The number of ether oxygens (including phenoxy) is 2. The first kappa shape index (κ1) is 24.2. The van der Waals surface area contributed by atoms with Gasteiger partial charge in [0.25, 0.3) is 0 Å². The molecule has 0 aliphatic rings. The smallest absolute Gasteiger partial charge is 0.243 e. The summed E-state index contributed by atoms with van der Waals surface area (Å²) in [6, 6.07) is 19.0. The van der Waals surface area contributed by atoms with E-state index < -0.39 is 34.7 Å². The number of carbonyl (C=O) groups excluding carboxylic acids is 2. The van der Waals surface area contributed by atoms with Gasteiger partial charge in [-0.3, -0.25) is 9.59 Å². The van der Waals surface area contributed by atoms with Gasteiger partial charge in [-0.1, -0.05) is 17.7 Å². The maximum absolute atomic E-state index is 13.4. The predicted octanol–water partition coefficient (Wildman–Crippen LogP) is 3.77. The maximum atomic E-state index is 13.4. The number of aryl methyl sites for hydroxylation is 1. The Bertz CT molecular complexity index is 1160. The van der Waals surface area contributed by atoms with Gasteiger partial charge in [0, 0.05) is 11.1 Å². The lowest BCUT2D eigenvalue weighted by atomic mass is 10.1. The van der Waals surface area contributed by atoms with Crippen molar-refractivity contribution in [2.45, 2.75) is 11.8 Å². The lowest BCUT2D eigenvalue weighted by Gasteiger charge is -2.21. The van der Waals surface area contributed by atoms with Crippen LogP contribution in [0.3, 0.4) is 0 Å². The van der Waals surface area contributed by atoms with E-state index in [2.05, 4.69) is 0 Å². The molecule has 172 valence electrons. The van der Waals surface area contributed by atoms with Crippen molar-refractivity contribution in [3.05, 3.63) is 89.5 Å². The molecule has 0 N–H and O–H groups in total. The summed E-state index contributed by atoms with van der Waals surface area (Å²) in [5.74, 6) is 0.280. The molecular weight excluding hydrogens is 442 g/mol. The van der Waals surface area contributed by atoms with Gasteiger partial charge in [-0.2, -0.15) is 4.31 Å². The van der Waals surface area contributed by atoms with Crippen LogP contribution in [0, 0.1) is 6.92 Å². The molecule has 8 heteroatoms. The fourth-order valence-corrected chi connectivity index (χ4v) is 4.49. The van der Waals surface area contributed by atoms with Gasteiger partial charge in [0.05, 0.1) is 32.2 Å². The molecule has 0 unspecified atom stereocenters. The Labute approximate surface area is 193 Å². The van der Waals surface area contributed by atoms with Crippen molar-refractivity contribution in [3.63, 3.8) is 0 Å². The third-order valence-electron chi connectivity index (χ3n) is 5.12. The molecule has 3 aromatic rings. The van der Waals surface area contributed by atoms with Gasteiger partial charge in [0.15, 0.2) is 11.6 Å². The zero-order valence-electron chi connectivity index (χ0n) is 18.6. The molecule has 0 aromatic heterocycles. The lowest BCUT2D eigenvalue weighted by molar-refractivity contribution is 0.0927. The van der Waals surface area contributed by atoms with Crippen molar-refractivity contribution in [2.75, 3.05) is 27.3 Å². The van der Waals surface area contributed by atoms with Crippen molar-refractivity contribution in [3.8, 4) is 11.5 Å². The number of sulfonamides is 1. The van der Waals surface area contributed by atoms with E-state index in [0.29, 0.717) is 22.6 Å². The molecule has 7 nitrogen and oxygen atoms in total. The van der Waals surface area contributed by atoms with Crippen LogP contribution in [0.25, 0.3) is 0 Å². The van der Waals surface area contributed by atoms with E-state index in [-0.39, 0.29) is 4.90 Å². The van der Waals surface area contributed by atoms with Crippen LogP contribution in [0.2, 0.25) is 0 Å². The van der Waals surface area contributed by atoms with E-state index in [1.54, 1.807) is 60.7 Å². The summed E-state index contributed by atoms with van der Waals surface area (Å²) in [5, 5.41) is 0. The Morgan fingerprint density at radius 1 is 0.697 bits per heavy atom. The number of benzene rings is 3. The summed E-state index contributed by atoms with van der Waals surface area (Å²) in [5.41, 5.74) is 1.53. The van der Waals surface area contributed by atoms with Gasteiger partial charge in [0.1, 0.15) is 11.5 Å². The summed E-state index contributed by atoms with van der Waals surface area (Å²) >= 11 is 0. The van der Waals surface area contributed by atoms with Gasteiger partial charge in [-0.15, -0.1) is 0 Å². The van der Waals surface area contributed by atoms with Gasteiger partial charge < -0.3 is 9.47 Å². The Balaban J connectivity index is 1.91. The SMILES string of the molecule is COc1ccc(C(=O)CN(CC(=O)c2ccc(OC)cc2)S(=O)(=O)c2ccc(C)cc2)cc1. The Morgan fingerprint density at radius 3 is 1.45 bits per heavy atom. The summed E-state index contributed by atoms with van der Waals surface area (Å²) in [6.45, 7) is 0.878. The van der Waals surface area contributed by atoms with Crippen LogP contribution in [-0.2, 0) is 10.0 Å². The average molecular weight is 468 g/mol. The second-order valence-electron chi connectivity index (χ2n) is 7.39. The molecular formula is C25H25NO6S. The molecule has 33 heavy (non-hydrogen) atoms. The quantitative estimate of drug-likeness (QED) is 0.422. The molecule has 0 heterocycles. The topological polar surface area (TPSA) is 90.0 Å². The molecule has 3 rings (SSSR count). The standard InChI is InChI=1S/C25H25NO6S/c1-18-4-14-23(15-5-18)33(29,30)26(16-24(27)19-6-10-21(31-2)11-7-19)17-25(28)20-8-12-22(32-3)13-9-20/h4-15H,16-17H2,1-3H3. The van der Waals surface area contributed by atoms with Crippen molar-refractivity contribution in [1.82, 2.24) is 4.31 Å². The minimum Gasteiger partial charge on any atom is -0.497 e. The van der Waals surface area contributed by atoms with Crippen molar-refractivity contribution < 1.29 is 27.5 Å². The second kappa shape index (κ2) is 10.4. The highest BCUT2D eigenvalue weighted by Gasteiger charge is 2.29. The van der Waals surface area contributed by atoms with Crippen LogP contribution in [0.5, 0.6) is 11.5 Å². The van der Waals surface area contributed by atoms with Crippen molar-refractivity contribution in [2.24, 2.45) is 0 Å². The van der Waals surface area contributed by atoms with Crippen LogP contribution in [0.15, 0.2) is 77.7 Å². The molecule has 0 aliphatic heterocycles. The van der Waals surface area contributed by atoms with E-state index in [0.717, 1.165) is 9.87 Å². The van der Waals surface area contributed by atoms with Crippen molar-refractivity contribution >= 4 is 21.6 Å². The van der Waals surface area contributed by atoms with E-state index >= 15 is 0 Å². The summed E-state index contributed by atoms with van der Waals surface area (Å²) in [6.07, 6.45) is 0. The molecule has 0 aliphatic carbocycles. The first-order valence-electron chi connectivity index (χ1n) is 10.2. The third kappa shape index (κ3) is 5.85. The number of hydrogen-bond acceptors (Lipinski definition) is 6. The van der Waals surface area contributed by atoms with Crippen LogP contribution in [-0.4, -0.2) is 51.6 Å². The van der Waals surface area contributed by atoms with Gasteiger partial charge >= 0.3 is 0 Å². The van der Waals surface area contributed by atoms with Gasteiger partial charge in [-0.05, 0) is 67.6 Å². The Kier molecular flexibility index (Phi) is 7.63. The number of methoxy groups -OCH3 is 2. The zero-order valence-corrected chi connectivity index (χ0v) is 19.5. The largest absolute Gasteiger partial charge is 0.497 e. The highest BCUT2D eigenvalue weighted by Crippen LogP contribution is 2.20. The molecule has 0 saturated heterocycles. The third-order valence-corrected chi connectivity index (χ3v) is 6.93. The van der Waals surface area contributed by atoms with Crippen LogP contribution >= 0.6 is 0 Å². The Hall–Kier alpha value is -3.49. The van der Waals surface area contributed by atoms with Gasteiger partial charge in [-0.25, -0.2) is 8.42 Å². The van der Waals surface area contributed by atoms with Crippen LogP contribution < -0.4 is 9.47 Å². The first-order valence-corrected chi connectivity index (χ1v) is 11.6. The molecule has 0 amide bonds. The van der Waals surface area contributed by atoms with E-state index in [1.807, 2.05) is 6.92 Å². The predicted molar refractivity (Wildman–Crippen MR) is 125 cm³/mol. The molecule has 3 aromatic carbocycles. The minimum atomic E-state index is -4.11. The van der Waals surface area contributed by atoms with E-state index in [4.69, 9.17) is 9.47 Å². The molecule has 0 spiro atoms. The fourth-order valence-electron chi connectivity index (χ4n) is 3.14. The normalized spacial score (nSPS) is 11.3. The highest BCUT2D eigenvalue weighted by atomic mass is 32.2. The molecule has 0 radical (unpaired) electrons. The Morgan fingerprint density at radius 2 is 1.09 bits per heavy atom. The monoisotopic (exact) mass is 467 g/mol. The lowest BCUT2D eigenvalue weighted by Crippen LogP contribution is -2.39. The van der Waals surface area contributed by atoms with Crippen LogP contribution in [0.4, 0.5) is 0 Å². The number of nitrogens with zero attached hydrogens (tertiary/aromatic N) is 1. The maximum Gasteiger partial charge on any atom is 0.243 e. The van der Waals surface area contributed by atoms with Gasteiger partial charge in [0.2, 0.25) is 10.0 Å². The molecule has 0 saturated carbocycles. The number of Topliss-reactive ketones (excluding diaryl/α,β-unsaturated/α-hetero) is 2. The molecule has 0 bridgehead atoms. The minimum absolute atomic E-state index is 0.0122.